The summed E-state index contributed by atoms with van der Waals surface area (Å²) in [4.78, 5) is 73.6. The molecule has 20 nitrogen and oxygen atoms in total. The minimum atomic E-state index is -0.418. The Morgan fingerprint density at radius 3 is 1.40 bits per heavy atom. The minimum Gasteiger partial charge on any atom is -0.396 e. The van der Waals surface area contributed by atoms with Gasteiger partial charge in [0.25, 0.3) is 0 Å². The number of hydrogen-bond acceptors (Lipinski definition) is 14. The molecule has 0 bridgehead atoms. The van der Waals surface area contributed by atoms with E-state index >= 15 is 0 Å². The first-order valence-corrected chi connectivity index (χ1v) is 22.7. The number of aliphatic hydroxyl groups excluding tert-OH is 1. The molecule has 0 radical (unpaired) electrons. The van der Waals surface area contributed by atoms with Gasteiger partial charge in [0.2, 0.25) is 35.4 Å². The van der Waals surface area contributed by atoms with Crippen molar-refractivity contribution in [3.63, 3.8) is 0 Å². The van der Waals surface area contributed by atoms with Crippen molar-refractivity contribution in [2.45, 2.75) is 102 Å². The molecule has 0 aliphatic carbocycles. The van der Waals surface area contributed by atoms with Crippen LogP contribution >= 0.6 is 0 Å². The summed E-state index contributed by atoms with van der Waals surface area (Å²) in [7, 11) is 4.86. The molecular weight excluding hydrogens is 825 g/mol. The summed E-state index contributed by atoms with van der Waals surface area (Å²) in [5, 5.41) is 26.4. The second-order valence-electron chi connectivity index (χ2n) is 15.0. The lowest BCUT2D eigenvalue weighted by molar-refractivity contribution is -0.127. The highest BCUT2D eigenvalue weighted by molar-refractivity contribution is 5.80. The van der Waals surface area contributed by atoms with Crippen molar-refractivity contribution >= 4 is 35.4 Å². The smallest absolute Gasteiger partial charge is 0.245 e. The summed E-state index contributed by atoms with van der Waals surface area (Å²) < 4.78 is 36.6. The van der Waals surface area contributed by atoms with Crippen LogP contribution in [0.2, 0.25) is 0 Å². The zero-order chi connectivity index (χ0) is 46.4. The molecular formula is C43H82N6O14. The molecule has 0 saturated carbocycles. The van der Waals surface area contributed by atoms with Gasteiger partial charge < -0.3 is 70.2 Å². The highest BCUT2D eigenvalue weighted by Crippen LogP contribution is 2.09. The Bertz CT molecular complexity index is 1170. The molecule has 2 unspecified atom stereocenters. The van der Waals surface area contributed by atoms with Crippen LogP contribution in [0.15, 0.2) is 0 Å². The number of unbranched alkanes of at least 4 members (excludes halogenated alkanes) is 4. The average molecular weight is 907 g/mol. The van der Waals surface area contributed by atoms with Gasteiger partial charge in [0.15, 0.2) is 0 Å². The van der Waals surface area contributed by atoms with Gasteiger partial charge in [0.05, 0.1) is 46.2 Å². The van der Waals surface area contributed by atoms with Gasteiger partial charge in [-0.3, -0.25) is 28.8 Å². The first-order chi connectivity index (χ1) is 30.6. The molecule has 0 aromatic heterocycles. The molecule has 0 heterocycles. The van der Waals surface area contributed by atoms with Gasteiger partial charge in [0, 0.05) is 112 Å². The fourth-order valence-electron chi connectivity index (χ4n) is 5.93. The summed E-state index contributed by atoms with van der Waals surface area (Å²) >= 11 is 0. The maximum absolute atomic E-state index is 12.9. The lowest BCUT2D eigenvalue weighted by Gasteiger charge is -2.19. The van der Waals surface area contributed by atoms with E-state index in [1.807, 2.05) is 0 Å². The van der Waals surface area contributed by atoms with Crippen molar-refractivity contribution < 1.29 is 67.0 Å². The molecule has 368 valence electrons. The van der Waals surface area contributed by atoms with Gasteiger partial charge in [-0.2, -0.15) is 0 Å². The first-order valence-electron chi connectivity index (χ1n) is 22.7. The number of rotatable bonds is 46. The standard InChI is InChI=1S/C43H82N6O14/c1-57-23-10-6-15-38(51)47-21-25-60-27-29-62-34-42(55)45-19-9-5-14-37(31-41(54)44-18-8-4-13-36(32-50)33-59-3)49-40(53)17-12-20-46-43(56)35-63-30-28-61-26-22-48-39(52)16-7-11-24-58-2/h36-37,50H,4-35H2,1-3H3,(H,44,54)(H,45,55)(H,46,56)(H,47,51)(H,48,52)(H,49,53). The molecule has 0 aliphatic heterocycles. The molecule has 0 saturated heterocycles. The summed E-state index contributed by atoms with van der Waals surface area (Å²) in [5.74, 6) is -0.994. The molecule has 63 heavy (non-hydrogen) atoms. The van der Waals surface area contributed by atoms with E-state index in [4.69, 9.17) is 33.2 Å². The molecule has 6 amide bonds. The Balaban J connectivity index is 4.40. The lowest BCUT2D eigenvalue weighted by atomic mass is 10.0. The average Bonchev–Trinajstić information content (AvgIpc) is 3.26. The number of carbonyl (C=O) groups is 6. The van der Waals surface area contributed by atoms with Gasteiger partial charge >= 0.3 is 0 Å². The van der Waals surface area contributed by atoms with E-state index in [1.165, 1.54) is 0 Å². The number of nitrogens with one attached hydrogen (secondary N) is 6. The van der Waals surface area contributed by atoms with E-state index in [-0.39, 0.29) is 100 Å². The Kier molecular flexibility index (Phi) is 42.6. The van der Waals surface area contributed by atoms with Gasteiger partial charge in [-0.1, -0.05) is 6.42 Å². The molecule has 0 aliphatic rings. The van der Waals surface area contributed by atoms with Crippen molar-refractivity contribution in [1.29, 1.82) is 0 Å². The first kappa shape index (κ1) is 59.5. The Morgan fingerprint density at radius 2 is 0.889 bits per heavy atom. The predicted octanol–water partition coefficient (Wildman–Crippen LogP) is 0.518. The molecule has 0 aromatic rings. The number of carbonyl (C=O) groups excluding carboxylic acids is 6. The summed E-state index contributed by atoms with van der Waals surface area (Å²) in [5.41, 5.74) is 0. The topological polar surface area (TPSA) is 259 Å². The fourth-order valence-corrected chi connectivity index (χ4v) is 5.93. The van der Waals surface area contributed by atoms with E-state index in [0.717, 1.165) is 44.9 Å². The molecule has 0 rings (SSSR count). The number of aliphatic hydroxyl groups is 1. The third-order valence-electron chi connectivity index (χ3n) is 9.38. The van der Waals surface area contributed by atoms with Crippen molar-refractivity contribution in [3.05, 3.63) is 0 Å². The molecule has 7 N–H and O–H groups in total. The van der Waals surface area contributed by atoms with E-state index in [1.54, 1.807) is 21.3 Å². The monoisotopic (exact) mass is 907 g/mol. The molecule has 0 fully saturated rings. The van der Waals surface area contributed by atoms with E-state index in [9.17, 15) is 33.9 Å². The maximum atomic E-state index is 12.9. The largest absolute Gasteiger partial charge is 0.396 e. The zero-order valence-electron chi connectivity index (χ0n) is 38.5. The van der Waals surface area contributed by atoms with Crippen LogP contribution in [-0.2, 0) is 61.9 Å². The Morgan fingerprint density at radius 1 is 0.429 bits per heavy atom. The van der Waals surface area contributed by atoms with Crippen LogP contribution in [-0.4, -0.2) is 180 Å². The van der Waals surface area contributed by atoms with Crippen LogP contribution in [0.4, 0.5) is 0 Å². The van der Waals surface area contributed by atoms with E-state index < -0.39 is 6.04 Å². The van der Waals surface area contributed by atoms with Gasteiger partial charge in [-0.25, -0.2) is 0 Å². The van der Waals surface area contributed by atoms with Crippen LogP contribution < -0.4 is 31.9 Å². The third kappa shape index (κ3) is 42.2. The van der Waals surface area contributed by atoms with Crippen LogP contribution in [0.25, 0.3) is 0 Å². The second kappa shape index (κ2) is 45.1. The van der Waals surface area contributed by atoms with Gasteiger partial charge in [-0.05, 0) is 64.2 Å². The third-order valence-corrected chi connectivity index (χ3v) is 9.38. The van der Waals surface area contributed by atoms with Crippen LogP contribution in [0.3, 0.4) is 0 Å². The second-order valence-corrected chi connectivity index (χ2v) is 15.0. The maximum Gasteiger partial charge on any atom is 0.245 e. The molecule has 2 atom stereocenters. The van der Waals surface area contributed by atoms with Gasteiger partial charge in [0.1, 0.15) is 13.2 Å². The zero-order valence-corrected chi connectivity index (χ0v) is 38.5. The van der Waals surface area contributed by atoms with Crippen LogP contribution in [0, 0.1) is 5.92 Å². The Hall–Kier alpha value is -3.50. The predicted molar refractivity (Wildman–Crippen MR) is 236 cm³/mol. The normalized spacial score (nSPS) is 12.0. The quantitative estimate of drug-likeness (QED) is 0.0411. The Labute approximate surface area is 375 Å². The van der Waals surface area contributed by atoms with E-state index in [2.05, 4.69) is 31.9 Å². The number of ether oxygens (including phenoxy) is 7. The highest BCUT2D eigenvalue weighted by Gasteiger charge is 2.17. The molecule has 0 spiro atoms. The fraction of sp³-hybridized carbons (Fsp3) is 0.860. The summed E-state index contributed by atoms with van der Waals surface area (Å²) in [6.45, 7) is 5.19. The number of hydrogen-bond donors (Lipinski definition) is 7. The van der Waals surface area contributed by atoms with Crippen LogP contribution in [0.5, 0.6) is 0 Å². The van der Waals surface area contributed by atoms with Crippen molar-refractivity contribution in [2.24, 2.45) is 5.92 Å². The van der Waals surface area contributed by atoms with E-state index in [0.29, 0.717) is 104 Å². The van der Waals surface area contributed by atoms with Crippen molar-refractivity contribution in [3.8, 4) is 0 Å². The number of methoxy groups -OCH3 is 3. The van der Waals surface area contributed by atoms with Crippen molar-refractivity contribution in [2.75, 3.05) is 133 Å². The molecule has 0 aromatic carbocycles. The summed E-state index contributed by atoms with van der Waals surface area (Å²) in [6.07, 6.45) is 8.90. The molecule has 20 heteroatoms. The SMILES string of the molecule is COCCCCC(=O)NCCOCCOCC(=O)NCCCCC(CC(=O)NCCCCC(CO)COC)NC(=O)CCCNC(=O)COCCOCCNC(=O)CCCCOC. The van der Waals surface area contributed by atoms with Crippen LogP contribution in [0.1, 0.15) is 96.3 Å². The number of amides is 6. The lowest BCUT2D eigenvalue weighted by Crippen LogP contribution is -2.40. The minimum absolute atomic E-state index is 0.0261. The highest BCUT2D eigenvalue weighted by atomic mass is 16.5. The summed E-state index contributed by atoms with van der Waals surface area (Å²) in [6, 6.07) is -0.418. The van der Waals surface area contributed by atoms with Gasteiger partial charge in [-0.15, -0.1) is 0 Å². The van der Waals surface area contributed by atoms with Crippen molar-refractivity contribution in [1.82, 2.24) is 31.9 Å².